The maximum Gasteiger partial charge on any atom is 0.261 e. The lowest BCUT2D eigenvalue weighted by Gasteiger charge is -2.43. The Hall–Kier alpha value is -2.10. The average molecular weight is 463 g/mol. The molecule has 1 aromatic heterocycles. The third kappa shape index (κ3) is 6.71. The van der Waals surface area contributed by atoms with E-state index in [9.17, 15) is 0 Å². The van der Waals surface area contributed by atoms with Crippen molar-refractivity contribution in [2.45, 2.75) is 84.1 Å². The maximum atomic E-state index is 6.99. The molecule has 3 aromatic rings. The highest BCUT2D eigenvalue weighted by Crippen LogP contribution is 2.36. The summed E-state index contributed by atoms with van der Waals surface area (Å²) < 4.78 is 13.1. The van der Waals surface area contributed by atoms with E-state index in [0.29, 0.717) is 0 Å². The van der Waals surface area contributed by atoms with Crippen molar-refractivity contribution in [3.63, 3.8) is 0 Å². The van der Waals surface area contributed by atoms with Gasteiger partial charge in [-0.05, 0) is 40.4 Å². The first-order chi connectivity index (χ1) is 16.0. The van der Waals surface area contributed by atoms with E-state index in [4.69, 9.17) is 8.84 Å². The van der Waals surface area contributed by atoms with Crippen LogP contribution in [0.1, 0.15) is 77.7 Å². The van der Waals surface area contributed by atoms with Gasteiger partial charge in [0.1, 0.15) is 11.5 Å². The molecule has 33 heavy (non-hydrogen) atoms. The summed E-state index contributed by atoms with van der Waals surface area (Å²) in [6.07, 6.45) is 9.45. The summed E-state index contributed by atoms with van der Waals surface area (Å²) in [5.74, 6) is 2.22. The molecule has 0 saturated carbocycles. The zero-order valence-electron chi connectivity index (χ0n) is 21.1. The van der Waals surface area contributed by atoms with Gasteiger partial charge in [-0.25, -0.2) is 0 Å². The van der Waals surface area contributed by atoms with E-state index >= 15 is 0 Å². The van der Waals surface area contributed by atoms with Crippen molar-refractivity contribution < 1.29 is 8.84 Å². The van der Waals surface area contributed by atoms with Crippen molar-refractivity contribution in [2.75, 3.05) is 6.61 Å². The van der Waals surface area contributed by atoms with E-state index in [1.807, 2.05) is 0 Å². The summed E-state index contributed by atoms with van der Waals surface area (Å²) in [4.78, 5) is 0. The highest BCUT2D eigenvalue weighted by atomic mass is 28.4. The SMILES string of the molecule is CCCCCCCc1ccc(CCCO[Si](c2ccccc2)(c2ccccc2)C(C)(C)C)o1. The van der Waals surface area contributed by atoms with Gasteiger partial charge in [0.25, 0.3) is 8.32 Å². The quantitative estimate of drug-likeness (QED) is 0.196. The molecule has 3 rings (SSSR count). The fraction of sp³-hybridized carbons (Fsp3) is 0.467. The van der Waals surface area contributed by atoms with Gasteiger partial charge >= 0.3 is 0 Å². The first kappa shape index (κ1) is 25.5. The molecule has 0 N–H and O–H groups in total. The highest BCUT2D eigenvalue weighted by Gasteiger charge is 2.49. The lowest BCUT2D eigenvalue weighted by Crippen LogP contribution is -2.66. The van der Waals surface area contributed by atoms with Gasteiger partial charge in [0.15, 0.2) is 0 Å². The Bertz CT molecular complexity index is 885. The first-order valence-electron chi connectivity index (χ1n) is 12.8. The van der Waals surface area contributed by atoms with Gasteiger partial charge < -0.3 is 8.84 Å². The van der Waals surface area contributed by atoms with Crippen LogP contribution in [0.2, 0.25) is 5.04 Å². The normalized spacial score (nSPS) is 12.2. The summed E-state index contributed by atoms with van der Waals surface area (Å²) >= 11 is 0. The summed E-state index contributed by atoms with van der Waals surface area (Å²) in [6, 6.07) is 26.1. The van der Waals surface area contributed by atoms with E-state index in [1.54, 1.807) is 0 Å². The Morgan fingerprint density at radius 1 is 0.667 bits per heavy atom. The second kappa shape index (κ2) is 12.4. The van der Waals surface area contributed by atoms with Crippen LogP contribution in [0.25, 0.3) is 0 Å². The Morgan fingerprint density at radius 3 is 1.70 bits per heavy atom. The third-order valence-electron chi connectivity index (χ3n) is 6.55. The van der Waals surface area contributed by atoms with E-state index in [1.165, 1.54) is 42.5 Å². The Kier molecular flexibility index (Phi) is 9.58. The number of furan rings is 1. The molecular formula is C30H42O2Si. The number of rotatable bonds is 13. The molecule has 0 radical (unpaired) electrons. The minimum Gasteiger partial charge on any atom is -0.466 e. The van der Waals surface area contributed by atoms with Crippen molar-refractivity contribution in [1.82, 2.24) is 0 Å². The summed E-state index contributed by atoms with van der Waals surface area (Å²) in [5, 5.41) is 2.70. The number of unbranched alkanes of at least 4 members (excludes halogenated alkanes) is 4. The van der Waals surface area contributed by atoms with Gasteiger partial charge in [-0.3, -0.25) is 0 Å². The zero-order chi connectivity index (χ0) is 23.6. The number of aryl methyl sites for hydroxylation is 2. The molecule has 0 aliphatic heterocycles. The van der Waals surface area contributed by atoms with E-state index in [2.05, 4.69) is 100 Å². The molecule has 0 fully saturated rings. The lowest BCUT2D eigenvalue weighted by atomic mass is 10.1. The summed E-state index contributed by atoms with van der Waals surface area (Å²) in [7, 11) is -2.44. The smallest absolute Gasteiger partial charge is 0.261 e. The summed E-state index contributed by atoms with van der Waals surface area (Å²) in [6.45, 7) is 9.99. The van der Waals surface area contributed by atoms with Crippen LogP contribution in [-0.4, -0.2) is 14.9 Å². The van der Waals surface area contributed by atoms with Gasteiger partial charge in [0, 0.05) is 19.4 Å². The van der Waals surface area contributed by atoms with Crippen LogP contribution in [0.4, 0.5) is 0 Å². The molecule has 178 valence electrons. The minimum absolute atomic E-state index is 0.0192. The second-order valence-electron chi connectivity index (χ2n) is 10.1. The average Bonchev–Trinajstić information content (AvgIpc) is 3.27. The second-order valence-corrected chi connectivity index (χ2v) is 14.5. The zero-order valence-corrected chi connectivity index (χ0v) is 22.1. The minimum atomic E-state index is -2.44. The van der Waals surface area contributed by atoms with Gasteiger partial charge in [-0.15, -0.1) is 0 Å². The Balaban J connectivity index is 1.64. The highest BCUT2D eigenvalue weighted by molar-refractivity contribution is 6.99. The monoisotopic (exact) mass is 462 g/mol. The van der Waals surface area contributed by atoms with Gasteiger partial charge in [-0.2, -0.15) is 0 Å². The van der Waals surface area contributed by atoms with Gasteiger partial charge in [-0.1, -0.05) is 114 Å². The third-order valence-corrected chi connectivity index (χ3v) is 11.6. The van der Waals surface area contributed by atoms with Crippen LogP contribution in [0.15, 0.2) is 77.2 Å². The van der Waals surface area contributed by atoms with Crippen molar-refractivity contribution in [1.29, 1.82) is 0 Å². The predicted molar refractivity (Wildman–Crippen MR) is 143 cm³/mol. The van der Waals surface area contributed by atoms with Crippen LogP contribution >= 0.6 is 0 Å². The molecule has 2 aromatic carbocycles. The molecule has 0 atom stereocenters. The molecule has 0 bridgehead atoms. The van der Waals surface area contributed by atoms with Crippen LogP contribution < -0.4 is 10.4 Å². The molecule has 2 nitrogen and oxygen atoms in total. The molecule has 1 heterocycles. The van der Waals surface area contributed by atoms with E-state index in [0.717, 1.165) is 37.4 Å². The van der Waals surface area contributed by atoms with Crippen LogP contribution in [0, 0.1) is 0 Å². The van der Waals surface area contributed by atoms with Crippen LogP contribution in [0.5, 0.6) is 0 Å². The molecule has 0 amide bonds. The topological polar surface area (TPSA) is 22.4 Å². The van der Waals surface area contributed by atoms with Crippen molar-refractivity contribution in [3.8, 4) is 0 Å². The molecule has 0 aliphatic rings. The Morgan fingerprint density at radius 2 is 1.18 bits per heavy atom. The van der Waals surface area contributed by atoms with Crippen molar-refractivity contribution in [2.24, 2.45) is 0 Å². The standard InChI is InChI=1S/C30H42O2Si/c1-5-6-7-8-11-17-26-23-24-27(32-26)18-16-25-31-33(30(2,3)4,28-19-12-9-13-20-28)29-21-14-10-15-22-29/h9-10,12-15,19-24H,5-8,11,16-18,25H2,1-4H3. The fourth-order valence-corrected chi connectivity index (χ4v) is 9.43. The molecule has 0 saturated heterocycles. The van der Waals surface area contributed by atoms with Crippen molar-refractivity contribution >= 4 is 18.7 Å². The van der Waals surface area contributed by atoms with E-state index in [-0.39, 0.29) is 5.04 Å². The predicted octanol–water partition coefficient (Wildman–Crippen LogP) is 7.30. The molecule has 3 heteroatoms. The van der Waals surface area contributed by atoms with Crippen LogP contribution in [0.3, 0.4) is 0 Å². The lowest BCUT2D eigenvalue weighted by molar-refractivity contribution is 0.287. The number of hydrogen-bond donors (Lipinski definition) is 0. The molecule has 0 unspecified atom stereocenters. The molecular weight excluding hydrogens is 420 g/mol. The van der Waals surface area contributed by atoms with Crippen molar-refractivity contribution in [3.05, 3.63) is 84.3 Å². The largest absolute Gasteiger partial charge is 0.466 e. The number of benzene rings is 2. The van der Waals surface area contributed by atoms with Gasteiger partial charge in [0.2, 0.25) is 0 Å². The maximum absolute atomic E-state index is 6.99. The summed E-state index contributed by atoms with van der Waals surface area (Å²) in [5.41, 5.74) is 0. The Labute approximate surface area is 202 Å². The first-order valence-corrected chi connectivity index (χ1v) is 14.7. The van der Waals surface area contributed by atoms with Gasteiger partial charge in [0.05, 0.1) is 0 Å². The number of hydrogen-bond acceptors (Lipinski definition) is 2. The van der Waals surface area contributed by atoms with E-state index < -0.39 is 8.32 Å². The fourth-order valence-electron chi connectivity index (χ4n) is 4.83. The molecule has 0 spiro atoms. The molecule has 0 aliphatic carbocycles. The van der Waals surface area contributed by atoms with Crippen LogP contribution in [-0.2, 0) is 17.3 Å².